The molecule has 1 amide bonds. The summed E-state index contributed by atoms with van der Waals surface area (Å²) in [6.45, 7) is 0.695. The molecule has 0 aliphatic carbocycles. The first-order valence-electron chi connectivity index (χ1n) is 6.06. The highest BCUT2D eigenvalue weighted by molar-refractivity contribution is 5.98. The van der Waals surface area contributed by atoms with Crippen LogP contribution in [-0.4, -0.2) is 44.4 Å². The Kier molecular flexibility index (Phi) is 4.39. The van der Waals surface area contributed by atoms with Crippen LogP contribution in [-0.2, 0) is 6.54 Å². The maximum absolute atomic E-state index is 12.1. The van der Waals surface area contributed by atoms with Gasteiger partial charge >= 0.3 is 0 Å². The first-order chi connectivity index (χ1) is 10.1. The Bertz CT molecular complexity index is 641. The van der Waals surface area contributed by atoms with Crippen molar-refractivity contribution in [3.63, 3.8) is 0 Å². The molecule has 0 bridgehead atoms. The van der Waals surface area contributed by atoms with Crippen molar-refractivity contribution in [2.45, 2.75) is 6.54 Å². The molecule has 0 fully saturated rings. The Morgan fingerprint density at radius 3 is 2.95 bits per heavy atom. The van der Waals surface area contributed by atoms with E-state index in [0.29, 0.717) is 12.4 Å². The number of nitrogens with one attached hydrogen (secondary N) is 2. The number of amides is 1. The van der Waals surface area contributed by atoms with Crippen LogP contribution in [0.3, 0.4) is 0 Å². The lowest BCUT2D eigenvalue weighted by atomic mass is 10.2. The number of hydrogen-bond donors (Lipinski definition) is 2. The molecule has 0 spiro atoms. The van der Waals surface area contributed by atoms with Crippen LogP contribution >= 0.6 is 0 Å². The van der Waals surface area contributed by atoms with E-state index >= 15 is 0 Å². The summed E-state index contributed by atoms with van der Waals surface area (Å²) in [5, 5.41) is 23.6. The molecular formula is C11H13N7O3. The zero-order chi connectivity index (χ0) is 15.2. The molecule has 2 aromatic heterocycles. The van der Waals surface area contributed by atoms with Gasteiger partial charge in [0.05, 0.1) is 17.7 Å². The molecule has 0 saturated carbocycles. The van der Waals surface area contributed by atoms with Gasteiger partial charge in [0.1, 0.15) is 17.6 Å². The van der Waals surface area contributed by atoms with Crippen molar-refractivity contribution in [1.29, 1.82) is 0 Å². The average molecular weight is 291 g/mol. The maximum Gasteiger partial charge on any atom is 0.300 e. The van der Waals surface area contributed by atoms with E-state index in [9.17, 15) is 14.9 Å². The van der Waals surface area contributed by atoms with E-state index in [4.69, 9.17) is 0 Å². The summed E-state index contributed by atoms with van der Waals surface area (Å²) in [5.41, 5.74) is -0.384. The average Bonchev–Trinajstić information content (AvgIpc) is 2.99. The Morgan fingerprint density at radius 2 is 2.33 bits per heavy atom. The number of rotatable bonds is 6. The fraction of sp³-hybridized carbons (Fsp3) is 0.273. The summed E-state index contributed by atoms with van der Waals surface area (Å²) in [6.07, 6.45) is 4.23. The molecule has 2 heterocycles. The molecule has 0 saturated heterocycles. The molecule has 0 unspecified atom stereocenters. The Balaban J connectivity index is 2.08. The van der Waals surface area contributed by atoms with Crippen LogP contribution < -0.4 is 10.6 Å². The fourth-order valence-corrected chi connectivity index (χ4v) is 1.64. The molecule has 10 heteroatoms. The monoisotopic (exact) mass is 291 g/mol. The number of pyridine rings is 1. The van der Waals surface area contributed by atoms with E-state index < -0.39 is 10.8 Å². The van der Waals surface area contributed by atoms with Crippen molar-refractivity contribution in [3.05, 3.63) is 40.3 Å². The second kappa shape index (κ2) is 6.41. The zero-order valence-electron chi connectivity index (χ0n) is 11.2. The van der Waals surface area contributed by atoms with Crippen LogP contribution in [0.25, 0.3) is 0 Å². The molecule has 0 aliphatic heterocycles. The summed E-state index contributed by atoms with van der Waals surface area (Å²) < 4.78 is 1.54. The van der Waals surface area contributed by atoms with Crippen LogP contribution in [0.5, 0.6) is 0 Å². The summed E-state index contributed by atoms with van der Waals surface area (Å²) >= 11 is 0. The summed E-state index contributed by atoms with van der Waals surface area (Å²) in [4.78, 5) is 26.2. The van der Waals surface area contributed by atoms with Crippen molar-refractivity contribution in [3.8, 4) is 0 Å². The van der Waals surface area contributed by atoms with E-state index in [1.807, 2.05) is 0 Å². The Labute approximate surface area is 119 Å². The molecule has 2 N–H and O–H groups in total. The van der Waals surface area contributed by atoms with Crippen molar-refractivity contribution in [2.24, 2.45) is 0 Å². The number of aromatic nitrogens is 4. The predicted octanol–water partition coefficient (Wildman–Crippen LogP) is 0.0530. The lowest BCUT2D eigenvalue weighted by Gasteiger charge is -2.07. The SMILES string of the molecule is CNc1cc(C(=O)NCCn2ccnn2)c([N+](=O)[O-])cn1. The maximum atomic E-state index is 12.1. The standard InChI is InChI=1S/C11H13N7O3/c1-12-10-6-8(9(7-14-10)18(20)21)11(19)13-2-4-17-5-3-15-16-17/h3,5-7H,2,4H2,1H3,(H,12,14)(H,13,19). The molecule has 110 valence electrons. The van der Waals surface area contributed by atoms with Gasteiger partial charge < -0.3 is 10.6 Å². The third kappa shape index (κ3) is 3.49. The first-order valence-corrected chi connectivity index (χ1v) is 6.06. The molecular weight excluding hydrogens is 278 g/mol. The number of nitrogens with zero attached hydrogens (tertiary/aromatic N) is 5. The largest absolute Gasteiger partial charge is 0.373 e. The van der Waals surface area contributed by atoms with E-state index in [-0.39, 0.29) is 17.8 Å². The third-order valence-electron chi connectivity index (χ3n) is 2.68. The van der Waals surface area contributed by atoms with Crippen molar-refractivity contribution >= 4 is 17.4 Å². The van der Waals surface area contributed by atoms with E-state index in [2.05, 4.69) is 25.9 Å². The first kappa shape index (κ1) is 14.4. The minimum Gasteiger partial charge on any atom is -0.373 e. The normalized spacial score (nSPS) is 10.1. The number of nitro groups is 1. The summed E-state index contributed by atoms with van der Waals surface area (Å²) in [7, 11) is 1.61. The van der Waals surface area contributed by atoms with Gasteiger partial charge in [0.2, 0.25) is 0 Å². The van der Waals surface area contributed by atoms with Gasteiger partial charge in [0.25, 0.3) is 11.6 Å². The van der Waals surface area contributed by atoms with Crippen LogP contribution in [0.1, 0.15) is 10.4 Å². The molecule has 0 aliphatic rings. The van der Waals surface area contributed by atoms with Crippen LogP contribution in [0.15, 0.2) is 24.7 Å². The lowest BCUT2D eigenvalue weighted by molar-refractivity contribution is -0.385. The van der Waals surface area contributed by atoms with Crippen molar-refractivity contribution in [1.82, 2.24) is 25.3 Å². The second-order valence-electron chi connectivity index (χ2n) is 4.02. The van der Waals surface area contributed by atoms with Crippen LogP contribution in [0.2, 0.25) is 0 Å². The van der Waals surface area contributed by atoms with Gasteiger partial charge in [-0.3, -0.25) is 19.6 Å². The highest BCUT2D eigenvalue weighted by Crippen LogP contribution is 2.19. The minimum absolute atomic E-state index is 0.0436. The zero-order valence-corrected chi connectivity index (χ0v) is 11.2. The number of hydrogen-bond acceptors (Lipinski definition) is 7. The van der Waals surface area contributed by atoms with Gasteiger partial charge in [-0.1, -0.05) is 5.21 Å². The van der Waals surface area contributed by atoms with Gasteiger partial charge in [-0.25, -0.2) is 4.98 Å². The fourth-order valence-electron chi connectivity index (χ4n) is 1.64. The summed E-state index contributed by atoms with van der Waals surface area (Å²) in [6, 6.07) is 1.34. The Morgan fingerprint density at radius 1 is 1.52 bits per heavy atom. The Hall–Kier alpha value is -3.04. The van der Waals surface area contributed by atoms with Crippen molar-refractivity contribution in [2.75, 3.05) is 18.9 Å². The molecule has 10 nitrogen and oxygen atoms in total. The van der Waals surface area contributed by atoms with Gasteiger partial charge in [0.15, 0.2) is 0 Å². The summed E-state index contributed by atoms with van der Waals surface area (Å²) in [5.74, 6) is -0.164. The molecule has 21 heavy (non-hydrogen) atoms. The van der Waals surface area contributed by atoms with Crippen molar-refractivity contribution < 1.29 is 9.72 Å². The lowest BCUT2D eigenvalue weighted by Crippen LogP contribution is -2.28. The highest BCUT2D eigenvalue weighted by Gasteiger charge is 2.21. The predicted molar refractivity (Wildman–Crippen MR) is 72.8 cm³/mol. The van der Waals surface area contributed by atoms with Gasteiger partial charge in [-0.2, -0.15) is 0 Å². The van der Waals surface area contributed by atoms with Gasteiger partial charge in [-0.15, -0.1) is 5.10 Å². The highest BCUT2D eigenvalue weighted by atomic mass is 16.6. The minimum atomic E-state index is -0.640. The molecule has 2 rings (SSSR count). The second-order valence-corrected chi connectivity index (χ2v) is 4.02. The van der Waals surface area contributed by atoms with Crippen LogP contribution in [0, 0.1) is 10.1 Å². The number of anilines is 1. The van der Waals surface area contributed by atoms with Gasteiger partial charge in [0, 0.05) is 25.9 Å². The molecule has 0 atom stereocenters. The van der Waals surface area contributed by atoms with E-state index in [1.165, 1.54) is 12.3 Å². The third-order valence-corrected chi connectivity index (χ3v) is 2.68. The quantitative estimate of drug-likeness (QED) is 0.568. The molecule has 0 aromatic carbocycles. The molecule has 0 radical (unpaired) electrons. The van der Waals surface area contributed by atoms with Crippen LogP contribution in [0.4, 0.5) is 11.5 Å². The number of carbonyl (C=O) groups is 1. The smallest absolute Gasteiger partial charge is 0.300 e. The van der Waals surface area contributed by atoms with Gasteiger partial charge in [-0.05, 0) is 0 Å². The van der Waals surface area contributed by atoms with E-state index in [0.717, 1.165) is 6.20 Å². The topological polar surface area (TPSA) is 128 Å². The number of carbonyl (C=O) groups excluding carboxylic acids is 1. The molecule has 2 aromatic rings. The van der Waals surface area contributed by atoms with E-state index in [1.54, 1.807) is 17.9 Å².